The molecule has 2 N–H and O–H groups in total. The van der Waals surface area contributed by atoms with E-state index in [4.69, 9.17) is 0 Å². The van der Waals surface area contributed by atoms with Gasteiger partial charge in [0.25, 0.3) is 0 Å². The van der Waals surface area contributed by atoms with Gasteiger partial charge in [0.05, 0.1) is 12.1 Å². The molecule has 29 heavy (non-hydrogen) atoms. The molecule has 0 aromatic carbocycles. The minimum Gasteiger partial charge on any atom is -0.394 e. The normalized spacial score (nSPS) is 44.7. The number of carbonyl (C=O) groups is 2. The first-order valence-electron chi connectivity index (χ1n) is 11.7. The zero-order valence-corrected chi connectivity index (χ0v) is 19.0. The second kappa shape index (κ2) is 6.96. The predicted octanol–water partition coefficient (Wildman–Crippen LogP) is 3.35. The Kier molecular flexibility index (Phi) is 5.08. The van der Waals surface area contributed by atoms with Crippen molar-refractivity contribution in [2.45, 2.75) is 90.6 Å². The molecule has 2 amide bonds. The van der Waals surface area contributed by atoms with E-state index in [1.165, 1.54) is 12.8 Å². The Morgan fingerprint density at radius 1 is 1.10 bits per heavy atom. The van der Waals surface area contributed by atoms with Crippen molar-refractivity contribution >= 4 is 11.8 Å². The lowest BCUT2D eigenvalue weighted by Gasteiger charge is -2.61. The number of aliphatic hydroxyl groups excluding tert-OH is 1. The number of aliphatic hydroxyl groups is 1. The molecule has 3 saturated carbocycles. The van der Waals surface area contributed by atoms with Crippen molar-refractivity contribution in [1.29, 1.82) is 0 Å². The molecule has 1 unspecified atom stereocenters. The van der Waals surface area contributed by atoms with Gasteiger partial charge in [-0.05, 0) is 87.4 Å². The second-order valence-electron chi connectivity index (χ2n) is 11.7. The van der Waals surface area contributed by atoms with Gasteiger partial charge < -0.3 is 15.3 Å². The van der Waals surface area contributed by atoms with Crippen LogP contribution in [0.1, 0.15) is 79.1 Å². The molecule has 5 nitrogen and oxygen atoms in total. The number of likely N-dealkylation sites (tertiary alicyclic amines) is 1. The SMILES string of the molecule is CN1C(=O)CC[C@@]2(C)C1CC[C@H]1[C@@H]3CC[C@H](C(=O)NC(C)(C)CO)[C@@]3(C)CC[C@@H]12. The molecule has 0 bridgehead atoms. The molecule has 1 aliphatic heterocycles. The smallest absolute Gasteiger partial charge is 0.224 e. The Morgan fingerprint density at radius 2 is 1.79 bits per heavy atom. The predicted molar refractivity (Wildman–Crippen MR) is 113 cm³/mol. The van der Waals surface area contributed by atoms with Crippen LogP contribution in [0.5, 0.6) is 0 Å². The number of carbonyl (C=O) groups excluding carboxylic acids is 2. The van der Waals surface area contributed by atoms with Crippen LogP contribution >= 0.6 is 0 Å². The fourth-order valence-corrected chi connectivity index (χ4v) is 8.04. The molecule has 3 aliphatic carbocycles. The average Bonchev–Trinajstić information content (AvgIpc) is 3.02. The van der Waals surface area contributed by atoms with Crippen molar-refractivity contribution in [3.63, 3.8) is 0 Å². The van der Waals surface area contributed by atoms with Crippen LogP contribution in [0.3, 0.4) is 0 Å². The lowest BCUT2D eigenvalue weighted by Crippen LogP contribution is -2.61. The summed E-state index contributed by atoms with van der Waals surface area (Å²) in [4.78, 5) is 27.5. The van der Waals surface area contributed by atoms with E-state index in [0.717, 1.165) is 32.1 Å². The van der Waals surface area contributed by atoms with Gasteiger partial charge in [0.2, 0.25) is 11.8 Å². The summed E-state index contributed by atoms with van der Waals surface area (Å²) in [5.41, 5.74) is -0.268. The third-order valence-corrected chi connectivity index (χ3v) is 9.73. The summed E-state index contributed by atoms with van der Waals surface area (Å²) < 4.78 is 0. The Balaban J connectivity index is 1.55. The molecule has 0 aromatic rings. The fourth-order valence-electron chi connectivity index (χ4n) is 8.04. The zero-order chi connectivity index (χ0) is 21.2. The van der Waals surface area contributed by atoms with Gasteiger partial charge in [-0.25, -0.2) is 0 Å². The first-order valence-corrected chi connectivity index (χ1v) is 11.7. The van der Waals surface area contributed by atoms with E-state index in [0.29, 0.717) is 36.1 Å². The Labute approximate surface area is 176 Å². The summed E-state index contributed by atoms with van der Waals surface area (Å²) in [5.74, 6) is 2.47. The van der Waals surface area contributed by atoms with Gasteiger partial charge in [-0.2, -0.15) is 0 Å². The standard InChI is InChI=1S/C24H40N2O3/c1-22(2,14-27)25-21(29)18-8-7-16-15-6-9-19-24(4,13-11-20(28)26(19)5)17(15)10-12-23(16,18)3/h15-19,27H,6-14H2,1-5H3,(H,25,29)/t15-,16-,17-,18+,19?,23-,24+/m0/s1. The van der Waals surface area contributed by atoms with Gasteiger partial charge in [0, 0.05) is 25.4 Å². The molecule has 5 heteroatoms. The van der Waals surface area contributed by atoms with Crippen molar-refractivity contribution in [3.05, 3.63) is 0 Å². The van der Waals surface area contributed by atoms with Gasteiger partial charge in [-0.1, -0.05) is 13.8 Å². The maximum Gasteiger partial charge on any atom is 0.224 e. The average molecular weight is 405 g/mol. The van der Waals surface area contributed by atoms with Crippen LogP contribution < -0.4 is 5.32 Å². The fraction of sp³-hybridized carbons (Fsp3) is 0.917. The Bertz CT molecular complexity index is 692. The summed E-state index contributed by atoms with van der Waals surface area (Å²) in [6, 6.07) is 0.389. The topological polar surface area (TPSA) is 69.6 Å². The molecule has 0 aromatic heterocycles. The second-order valence-corrected chi connectivity index (χ2v) is 11.7. The van der Waals surface area contributed by atoms with Crippen molar-refractivity contribution in [2.75, 3.05) is 13.7 Å². The number of rotatable bonds is 3. The molecular weight excluding hydrogens is 364 g/mol. The van der Waals surface area contributed by atoms with Gasteiger partial charge in [-0.3, -0.25) is 9.59 Å². The molecule has 4 fully saturated rings. The quantitative estimate of drug-likeness (QED) is 0.758. The van der Waals surface area contributed by atoms with Gasteiger partial charge in [0.15, 0.2) is 0 Å². The summed E-state index contributed by atoms with van der Waals surface area (Å²) in [6.07, 6.45) is 8.42. The maximum atomic E-state index is 13.1. The highest BCUT2D eigenvalue weighted by molar-refractivity contribution is 5.80. The van der Waals surface area contributed by atoms with Crippen LogP contribution in [0.25, 0.3) is 0 Å². The molecule has 0 radical (unpaired) electrons. The number of amides is 2. The monoisotopic (exact) mass is 404 g/mol. The van der Waals surface area contributed by atoms with Crippen LogP contribution in [-0.2, 0) is 9.59 Å². The van der Waals surface area contributed by atoms with Crippen LogP contribution in [0.2, 0.25) is 0 Å². The van der Waals surface area contributed by atoms with Gasteiger partial charge in [0.1, 0.15) is 0 Å². The van der Waals surface area contributed by atoms with Crippen molar-refractivity contribution in [3.8, 4) is 0 Å². The van der Waals surface area contributed by atoms with E-state index in [1.807, 2.05) is 20.9 Å². The van der Waals surface area contributed by atoms with Crippen LogP contribution in [0, 0.1) is 34.5 Å². The molecule has 4 rings (SSSR count). The Morgan fingerprint density at radius 3 is 2.48 bits per heavy atom. The van der Waals surface area contributed by atoms with E-state index in [1.54, 1.807) is 0 Å². The zero-order valence-electron chi connectivity index (χ0n) is 19.0. The summed E-state index contributed by atoms with van der Waals surface area (Å²) in [5, 5.41) is 12.7. The first kappa shape index (κ1) is 21.1. The summed E-state index contributed by atoms with van der Waals surface area (Å²) in [7, 11) is 2.01. The number of hydrogen-bond acceptors (Lipinski definition) is 3. The molecular formula is C24H40N2O3. The molecule has 0 spiro atoms. The molecule has 1 heterocycles. The molecule has 164 valence electrons. The molecule has 1 saturated heterocycles. The maximum absolute atomic E-state index is 13.1. The van der Waals surface area contributed by atoms with E-state index < -0.39 is 5.54 Å². The Hall–Kier alpha value is -1.10. The van der Waals surface area contributed by atoms with E-state index in [2.05, 4.69) is 24.1 Å². The van der Waals surface area contributed by atoms with Crippen LogP contribution in [0.4, 0.5) is 0 Å². The highest BCUT2D eigenvalue weighted by atomic mass is 16.3. The molecule has 4 aliphatic rings. The largest absolute Gasteiger partial charge is 0.394 e. The highest BCUT2D eigenvalue weighted by Gasteiger charge is 2.62. The number of piperidine rings is 1. The lowest BCUT2D eigenvalue weighted by molar-refractivity contribution is -0.160. The third-order valence-electron chi connectivity index (χ3n) is 9.73. The van der Waals surface area contributed by atoms with E-state index in [-0.39, 0.29) is 29.3 Å². The molecule has 7 atom stereocenters. The summed E-state index contributed by atoms with van der Waals surface area (Å²) in [6.45, 7) is 8.55. The van der Waals surface area contributed by atoms with Crippen molar-refractivity contribution in [2.24, 2.45) is 34.5 Å². The highest BCUT2D eigenvalue weighted by Crippen LogP contribution is 2.66. The number of nitrogens with zero attached hydrogens (tertiary/aromatic N) is 1. The van der Waals surface area contributed by atoms with Crippen molar-refractivity contribution < 1.29 is 14.7 Å². The van der Waals surface area contributed by atoms with Crippen LogP contribution in [0.15, 0.2) is 0 Å². The van der Waals surface area contributed by atoms with Gasteiger partial charge in [-0.15, -0.1) is 0 Å². The third kappa shape index (κ3) is 3.14. The van der Waals surface area contributed by atoms with Gasteiger partial charge >= 0.3 is 0 Å². The lowest BCUT2D eigenvalue weighted by atomic mass is 9.47. The minimum atomic E-state index is -0.562. The van der Waals surface area contributed by atoms with Crippen molar-refractivity contribution in [1.82, 2.24) is 10.2 Å². The summed E-state index contributed by atoms with van der Waals surface area (Å²) >= 11 is 0. The number of hydrogen-bond donors (Lipinski definition) is 2. The number of nitrogens with one attached hydrogen (secondary N) is 1. The first-order chi connectivity index (χ1) is 13.5. The minimum absolute atomic E-state index is 0.0394. The van der Waals surface area contributed by atoms with E-state index in [9.17, 15) is 14.7 Å². The van der Waals surface area contributed by atoms with Crippen LogP contribution in [-0.4, -0.2) is 47.1 Å². The van der Waals surface area contributed by atoms with E-state index >= 15 is 0 Å². The number of fused-ring (bicyclic) bond motifs is 5.